The van der Waals surface area contributed by atoms with E-state index in [9.17, 15) is 4.79 Å². The van der Waals surface area contributed by atoms with E-state index < -0.39 is 0 Å². The molecule has 1 atom stereocenters. The molecular formula is C14H18O3. The molecule has 1 fully saturated rings. The fourth-order valence-electron chi connectivity index (χ4n) is 1.83. The highest BCUT2D eigenvalue weighted by molar-refractivity contribution is 5.97. The van der Waals surface area contributed by atoms with Crippen molar-refractivity contribution in [3.63, 3.8) is 0 Å². The molecule has 1 aromatic carbocycles. The first kappa shape index (κ1) is 12.1. The fourth-order valence-corrected chi connectivity index (χ4v) is 1.83. The van der Waals surface area contributed by atoms with Crippen LogP contribution in [0.5, 0.6) is 5.75 Å². The molecule has 17 heavy (non-hydrogen) atoms. The van der Waals surface area contributed by atoms with Gasteiger partial charge >= 0.3 is 0 Å². The minimum Gasteiger partial charge on any atom is -0.488 e. The molecule has 0 aromatic heterocycles. The molecule has 0 amide bonds. The summed E-state index contributed by atoms with van der Waals surface area (Å²) in [5.41, 5.74) is 0.745. The van der Waals surface area contributed by atoms with Crippen LogP contribution in [0.3, 0.4) is 0 Å². The lowest BCUT2D eigenvalue weighted by Gasteiger charge is -2.12. The van der Waals surface area contributed by atoms with Crippen LogP contribution in [0.25, 0.3) is 0 Å². The number of hydrogen-bond donors (Lipinski definition) is 0. The lowest BCUT2D eigenvalue weighted by atomic mass is 10.0. The zero-order chi connectivity index (χ0) is 12.3. The molecular weight excluding hydrogens is 216 g/mol. The Morgan fingerprint density at radius 2 is 2.06 bits per heavy atom. The molecule has 3 heteroatoms. The number of benzene rings is 1. The number of hydrogen-bond acceptors (Lipinski definition) is 3. The second-order valence-electron chi connectivity index (χ2n) is 4.65. The highest BCUT2D eigenvalue weighted by atomic mass is 16.5. The van der Waals surface area contributed by atoms with Crippen LogP contribution >= 0.6 is 0 Å². The van der Waals surface area contributed by atoms with Gasteiger partial charge in [-0.2, -0.15) is 0 Å². The van der Waals surface area contributed by atoms with Crippen LogP contribution in [0.15, 0.2) is 24.3 Å². The van der Waals surface area contributed by atoms with Crippen molar-refractivity contribution in [1.29, 1.82) is 0 Å². The second kappa shape index (κ2) is 5.32. The third-order valence-corrected chi connectivity index (χ3v) is 2.85. The number of rotatable bonds is 4. The van der Waals surface area contributed by atoms with E-state index in [0.29, 0.717) is 6.61 Å². The van der Waals surface area contributed by atoms with Gasteiger partial charge in [-0.3, -0.25) is 4.79 Å². The maximum absolute atomic E-state index is 11.7. The Balaban J connectivity index is 1.99. The fraction of sp³-hybridized carbons (Fsp3) is 0.500. The van der Waals surface area contributed by atoms with Gasteiger partial charge in [0.2, 0.25) is 0 Å². The zero-order valence-electron chi connectivity index (χ0n) is 10.3. The number of carbonyl (C=O) groups is 1. The minimum absolute atomic E-state index is 0.0324. The molecule has 1 aliphatic rings. The van der Waals surface area contributed by atoms with Gasteiger partial charge in [0.25, 0.3) is 0 Å². The summed E-state index contributed by atoms with van der Waals surface area (Å²) in [6.07, 6.45) is 1.09. The third-order valence-electron chi connectivity index (χ3n) is 2.85. The Hall–Kier alpha value is -1.35. The number of carbonyl (C=O) groups excluding carboxylic acids is 1. The van der Waals surface area contributed by atoms with Gasteiger partial charge in [0.1, 0.15) is 11.9 Å². The number of Topliss-reactive ketones (excluding diaryl/α,β-unsaturated/α-hetero) is 1. The molecule has 0 N–H and O–H groups in total. The Morgan fingerprint density at radius 1 is 1.35 bits per heavy atom. The van der Waals surface area contributed by atoms with Crippen molar-refractivity contribution < 1.29 is 14.3 Å². The molecule has 1 unspecified atom stereocenters. The molecule has 1 aliphatic heterocycles. The molecule has 0 saturated carbocycles. The Kier molecular flexibility index (Phi) is 3.79. The maximum atomic E-state index is 11.7. The molecule has 1 heterocycles. The first-order valence-corrected chi connectivity index (χ1v) is 6.05. The van der Waals surface area contributed by atoms with Gasteiger partial charge in [-0.25, -0.2) is 0 Å². The smallest absolute Gasteiger partial charge is 0.165 e. The van der Waals surface area contributed by atoms with Crippen molar-refractivity contribution in [3.05, 3.63) is 29.8 Å². The van der Waals surface area contributed by atoms with Gasteiger partial charge in [0, 0.05) is 17.9 Å². The van der Waals surface area contributed by atoms with Crippen molar-refractivity contribution in [2.75, 3.05) is 13.2 Å². The monoisotopic (exact) mass is 234 g/mol. The minimum atomic E-state index is 0.0324. The first-order valence-electron chi connectivity index (χ1n) is 6.05. The topological polar surface area (TPSA) is 35.5 Å². The zero-order valence-corrected chi connectivity index (χ0v) is 10.3. The summed E-state index contributed by atoms with van der Waals surface area (Å²) in [4.78, 5) is 11.7. The summed E-state index contributed by atoms with van der Waals surface area (Å²) in [7, 11) is 0. The van der Waals surface area contributed by atoms with Gasteiger partial charge in [-0.1, -0.05) is 13.8 Å². The summed E-state index contributed by atoms with van der Waals surface area (Å²) in [6.45, 7) is 5.24. The Morgan fingerprint density at radius 3 is 2.59 bits per heavy atom. The normalized spacial score (nSPS) is 19.6. The third kappa shape index (κ3) is 3.07. The van der Waals surface area contributed by atoms with Crippen molar-refractivity contribution >= 4 is 5.78 Å². The van der Waals surface area contributed by atoms with Gasteiger partial charge in [0.05, 0.1) is 13.2 Å². The molecule has 0 spiro atoms. The Bertz CT molecular complexity index is 375. The standard InChI is InChI=1S/C14H18O3/c1-10(2)14(15)11-3-5-12(6-4-11)17-13-7-8-16-9-13/h3-6,10,13H,7-9H2,1-2H3. The van der Waals surface area contributed by atoms with E-state index in [-0.39, 0.29) is 17.8 Å². The van der Waals surface area contributed by atoms with Gasteiger partial charge in [-0.05, 0) is 24.3 Å². The van der Waals surface area contributed by atoms with E-state index in [1.165, 1.54) is 0 Å². The molecule has 92 valence electrons. The molecule has 0 radical (unpaired) electrons. The molecule has 1 saturated heterocycles. The molecule has 3 nitrogen and oxygen atoms in total. The van der Waals surface area contributed by atoms with Gasteiger partial charge in [0.15, 0.2) is 5.78 Å². The summed E-state index contributed by atoms with van der Waals surface area (Å²) >= 11 is 0. The molecule has 1 aromatic rings. The van der Waals surface area contributed by atoms with E-state index >= 15 is 0 Å². The summed E-state index contributed by atoms with van der Waals surface area (Å²) < 4.78 is 11.0. The van der Waals surface area contributed by atoms with E-state index in [0.717, 1.165) is 24.3 Å². The van der Waals surface area contributed by atoms with E-state index in [4.69, 9.17) is 9.47 Å². The molecule has 0 aliphatic carbocycles. The van der Waals surface area contributed by atoms with Crippen LogP contribution in [0.1, 0.15) is 30.6 Å². The maximum Gasteiger partial charge on any atom is 0.165 e. The van der Waals surface area contributed by atoms with Crippen molar-refractivity contribution in [2.45, 2.75) is 26.4 Å². The van der Waals surface area contributed by atoms with Crippen LogP contribution in [0.2, 0.25) is 0 Å². The number of ether oxygens (including phenoxy) is 2. The Labute approximate surface area is 102 Å². The van der Waals surface area contributed by atoms with Crippen LogP contribution in [-0.4, -0.2) is 25.1 Å². The van der Waals surface area contributed by atoms with Gasteiger partial charge < -0.3 is 9.47 Å². The highest BCUT2D eigenvalue weighted by Crippen LogP contribution is 2.18. The lowest BCUT2D eigenvalue weighted by molar-refractivity contribution is 0.0939. The van der Waals surface area contributed by atoms with E-state index in [1.54, 1.807) is 0 Å². The SMILES string of the molecule is CC(C)C(=O)c1ccc(OC2CCOC2)cc1. The second-order valence-corrected chi connectivity index (χ2v) is 4.65. The van der Waals surface area contributed by atoms with Crippen LogP contribution < -0.4 is 4.74 Å². The number of ketones is 1. The first-order chi connectivity index (χ1) is 8.16. The van der Waals surface area contributed by atoms with Crippen molar-refractivity contribution in [2.24, 2.45) is 5.92 Å². The summed E-state index contributed by atoms with van der Waals surface area (Å²) in [5.74, 6) is 1.01. The summed E-state index contributed by atoms with van der Waals surface area (Å²) in [5, 5.41) is 0. The van der Waals surface area contributed by atoms with Crippen molar-refractivity contribution in [1.82, 2.24) is 0 Å². The van der Waals surface area contributed by atoms with E-state index in [1.807, 2.05) is 38.1 Å². The van der Waals surface area contributed by atoms with Crippen LogP contribution in [0, 0.1) is 5.92 Å². The van der Waals surface area contributed by atoms with E-state index in [2.05, 4.69) is 0 Å². The average Bonchev–Trinajstić information content (AvgIpc) is 2.82. The quantitative estimate of drug-likeness (QED) is 0.751. The van der Waals surface area contributed by atoms with Gasteiger partial charge in [-0.15, -0.1) is 0 Å². The highest BCUT2D eigenvalue weighted by Gasteiger charge is 2.17. The summed E-state index contributed by atoms with van der Waals surface area (Å²) in [6, 6.07) is 7.36. The molecule has 2 rings (SSSR count). The van der Waals surface area contributed by atoms with Crippen LogP contribution in [0.4, 0.5) is 0 Å². The predicted octanol–water partition coefficient (Wildman–Crippen LogP) is 2.69. The van der Waals surface area contributed by atoms with Crippen LogP contribution in [-0.2, 0) is 4.74 Å². The van der Waals surface area contributed by atoms with Crippen molar-refractivity contribution in [3.8, 4) is 5.75 Å². The lowest BCUT2D eigenvalue weighted by Crippen LogP contribution is -2.15. The average molecular weight is 234 g/mol. The predicted molar refractivity (Wildman–Crippen MR) is 65.5 cm³/mol. The molecule has 0 bridgehead atoms. The largest absolute Gasteiger partial charge is 0.488 e.